The molecule has 0 spiro atoms. The van der Waals surface area contributed by atoms with Gasteiger partial charge in [0.15, 0.2) is 0 Å². The maximum Gasteiger partial charge on any atom is 0.0317 e. The maximum absolute atomic E-state index is 5.74. The molecule has 0 saturated carbocycles. The standard InChI is InChI=1S/C9H14BrNS/c1-6(3-7(2)11)8-4-12-5-9(8)10/h4-7H,3,11H2,1-2H3. The molecule has 0 saturated heterocycles. The Hall–Kier alpha value is 0.140. The second-order valence-electron chi connectivity index (χ2n) is 3.29. The summed E-state index contributed by atoms with van der Waals surface area (Å²) in [6.07, 6.45) is 1.05. The number of hydrogen-bond acceptors (Lipinski definition) is 2. The smallest absolute Gasteiger partial charge is 0.0317 e. The quantitative estimate of drug-likeness (QED) is 0.872. The van der Waals surface area contributed by atoms with Crippen LogP contribution in [0.4, 0.5) is 0 Å². The van der Waals surface area contributed by atoms with Gasteiger partial charge in [0.05, 0.1) is 0 Å². The molecule has 0 aliphatic carbocycles. The molecule has 0 radical (unpaired) electrons. The van der Waals surface area contributed by atoms with E-state index in [1.54, 1.807) is 11.3 Å². The molecule has 1 heterocycles. The van der Waals surface area contributed by atoms with Crippen molar-refractivity contribution in [3.63, 3.8) is 0 Å². The third-order valence-electron chi connectivity index (χ3n) is 1.90. The van der Waals surface area contributed by atoms with Crippen molar-refractivity contribution in [2.75, 3.05) is 0 Å². The third kappa shape index (κ3) is 2.57. The Balaban J connectivity index is 2.65. The summed E-state index contributed by atoms with van der Waals surface area (Å²) in [6, 6.07) is 0.284. The summed E-state index contributed by atoms with van der Waals surface area (Å²) < 4.78 is 1.22. The summed E-state index contributed by atoms with van der Waals surface area (Å²) in [7, 11) is 0. The minimum absolute atomic E-state index is 0.284. The van der Waals surface area contributed by atoms with Gasteiger partial charge in [0.2, 0.25) is 0 Å². The number of nitrogens with two attached hydrogens (primary N) is 1. The molecule has 0 amide bonds. The molecule has 2 atom stereocenters. The molecule has 2 N–H and O–H groups in total. The fourth-order valence-electron chi connectivity index (χ4n) is 1.33. The van der Waals surface area contributed by atoms with Crippen LogP contribution in [-0.2, 0) is 0 Å². The van der Waals surface area contributed by atoms with E-state index >= 15 is 0 Å². The zero-order valence-electron chi connectivity index (χ0n) is 7.38. The average molecular weight is 248 g/mol. The maximum atomic E-state index is 5.74. The lowest BCUT2D eigenvalue weighted by molar-refractivity contribution is 0.586. The lowest BCUT2D eigenvalue weighted by Crippen LogP contribution is -2.17. The minimum atomic E-state index is 0.284. The summed E-state index contributed by atoms with van der Waals surface area (Å²) in [5.74, 6) is 0.561. The highest BCUT2D eigenvalue weighted by molar-refractivity contribution is 9.10. The molecule has 3 heteroatoms. The van der Waals surface area contributed by atoms with Gasteiger partial charge in [-0.1, -0.05) is 6.92 Å². The lowest BCUT2D eigenvalue weighted by Gasteiger charge is -2.12. The second-order valence-corrected chi connectivity index (χ2v) is 4.89. The van der Waals surface area contributed by atoms with Crippen molar-refractivity contribution in [3.8, 4) is 0 Å². The zero-order valence-corrected chi connectivity index (χ0v) is 9.78. The van der Waals surface area contributed by atoms with E-state index in [1.807, 2.05) is 0 Å². The van der Waals surface area contributed by atoms with Crippen LogP contribution in [0.1, 0.15) is 31.7 Å². The fourth-order valence-corrected chi connectivity index (χ4v) is 3.14. The molecule has 2 unspecified atom stereocenters. The highest BCUT2D eigenvalue weighted by Gasteiger charge is 2.11. The molecule has 1 nitrogen and oxygen atoms in total. The molecule has 12 heavy (non-hydrogen) atoms. The van der Waals surface area contributed by atoms with Gasteiger partial charge in [-0.3, -0.25) is 0 Å². The number of rotatable bonds is 3. The van der Waals surface area contributed by atoms with E-state index < -0.39 is 0 Å². The van der Waals surface area contributed by atoms with Gasteiger partial charge in [-0.2, -0.15) is 11.3 Å². The van der Waals surface area contributed by atoms with Gasteiger partial charge in [-0.25, -0.2) is 0 Å². The Morgan fingerprint density at radius 3 is 2.58 bits per heavy atom. The Morgan fingerprint density at radius 1 is 1.50 bits per heavy atom. The average Bonchev–Trinajstić information content (AvgIpc) is 2.33. The van der Waals surface area contributed by atoms with Crippen LogP contribution >= 0.6 is 27.3 Å². The van der Waals surface area contributed by atoms with Gasteiger partial charge in [0, 0.05) is 15.9 Å². The van der Waals surface area contributed by atoms with E-state index in [2.05, 4.69) is 40.5 Å². The molecule has 1 aromatic rings. The van der Waals surface area contributed by atoms with Crippen molar-refractivity contribution < 1.29 is 0 Å². The van der Waals surface area contributed by atoms with Crippen LogP contribution in [0.15, 0.2) is 15.2 Å². The SMILES string of the molecule is CC(N)CC(C)c1cscc1Br. The number of thiophene rings is 1. The number of halogens is 1. The van der Waals surface area contributed by atoms with Crippen molar-refractivity contribution >= 4 is 27.3 Å². The van der Waals surface area contributed by atoms with Gasteiger partial charge >= 0.3 is 0 Å². The lowest BCUT2D eigenvalue weighted by atomic mass is 9.97. The Labute approximate surface area is 86.1 Å². The Kier molecular flexibility index (Phi) is 3.75. The van der Waals surface area contributed by atoms with Crippen LogP contribution in [0.2, 0.25) is 0 Å². The van der Waals surface area contributed by atoms with Crippen molar-refractivity contribution in [3.05, 3.63) is 20.8 Å². The van der Waals surface area contributed by atoms with Crippen LogP contribution < -0.4 is 5.73 Å². The summed E-state index contributed by atoms with van der Waals surface area (Å²) in [6.45, 7) is 4.27. The monoisotopic (exact) mass is 247 g/mol. The van der Waals surface area contributed by atoms with Crippen LogP contribution in [0.25, 0.3) is 0 Å². The van der Waals surface area contributed by atoms with Gasteiger partial charge in [-0.15, -0.1) is 0 Å². The van der Waals surface area contributed by atoms with Gasteiger partial charge < -0.3 is 5.73 Å². The van der Waals surface area contributed by atoms with E-state index in [1.165, 1.54) is 10.0 Å². The molecule has 0 aromatic carbocycles. The second kappa shape index (κ2) is 4.40. The molecule has 0 bridgehead atoms. The summed E-state index contributed by atoms with van der Waals surface area (Å²) in [4.78, 5) is 0. The minimum Gasteiger partial charge on any atom is -0.328 e. The first-order valence-corrected chi connectivity index (χ1v) is 5.82. The molecule has 1 aromatic heterocycles. The van der Waals surface area contributed by atoms with Gasteiger partial charge in [0.25, 0.3) is 0 Å². The topological polar surface area (TPSA) is 26.0 Å². The summed E-state index contributed by atoms with van der Waals surface area (Å²) >= 11 is 5.26. The van der Waals surface area contributed by atoms with Crippen LogP contribution in [0, 0.1) is 0 Å². The zero-order chi connectivity index (χ0) is 9.14. The molecule has 0 aliphatic rings. The Bertz CT molecular complexity index is 244. The van der Waals surface area contributed by atoms with E-state index in [9.17, 15) is 0 Å². The van der Waals surface area contributed by atoms with E-state index in [0.29, 0.717) is 5.92 Å². The van der Waals surface area contributed by atoms with Crippen molar-refractivity contribution in [2.24, 2.45) is 5.73 Å². The molecular weight excluding hydrogens is 234 g/mol. The molecule has 0 fully saturated rings. The van der Waals surface area contributed by atoms with E-state index in [0.717, 1.165) is 6.42 Å². The van der Waals surface area contributed by atoms with E-state index in [-0.39, 0.29) is 6.04 Å². The highest BCUT2D eigenvalue weighted by Crippen LogP contribution is 2.30. The van der Waals surface area contributed by atoms with Gasteiger partial charge in [-0.05, 0) is 46.1 Å². The molecular formula is C9H14BrNS. The predicted molar refractivity (Wildman–Crippen MR) is 58.7 cm³/mol. The number of hydrogen-bond donors (Lipinski definition) is 1. The van der Waals surface area contributed by atoms with Crippen molar-refractivity contribution in [1.29, 1.82) is 0 Å². The van der Waals surface area contributed by atoms with Crippen LogP contribution in [-0.4, -0.2) is 6.04 Å². The first-order valence-electron chi connectivity index (χ1n) is 4.08. The van der Waals surface area contributed by atoms with Crippen LogP contribution in [0.5, 0.6) is 0 Å². The Morgan fingerprint density at radius 2 is 2.17 bits per heavy atom. The third-order valence-corrected chi connectivity index (χ3v) is 3.65. The first kappa shape index (κ1) is 10.2. The van der Waals surface area contributed by atoms with Crippen molar-refractivity contribution in [2.45, 2.75) is 32.2 Å². The predicted octanol–water partition coefficient (Wildman–Crippen LogP) is 3.35. The first-order chi connectivity index (χ1) is 5.61. The normalized spacial score (nSPS) is 16.0. The van der Waals surface area contributed by atoms with Crippen molar-refractivity contribution in [1.82, 2.24) is 0 Å². The molecule has 0 aliphatic heterocycles. The molecule has 68 valence electrons. The summed E-state index contributed by atoms with van der Waals surface area (Å²) in [5.41, 5.74) is 7.12. The highest BCUT2D eigenvalue weighted by atomic mass is 79.9. The summed E-state index contributed by atoms with van der Waals surface area (Å²) in [5, 5.41) is 4.31. The van der Waals surface area contributed by atoms with Crippen LogP contribution in [0.3, 0.4) is 0 Å². The van der Waals surface area contributed by atoms with E-state index in [4.69, 9.17) is 5.73 Å². The fraction of sp³-hybridized carbons (Fsp3) is 0.556. The largest absolute Gasteiger partial charge is 0.328 e. The molecule has 1 rings (SSSR count). The van der Waals surface area contributed by atoms with Gasteiger partial charge in [0.1, 0.15) is 0 Å².